The van der Waals surface area contributed by atoms with E-state index < -0.39 is 102 Å². The molecule has 14 nitrogen and oxygen atoms in total. The molecule has 1 amide bonds. The van der Waals surface area contributed by atoms with Gasteiger partial charge in [-0.25, -0.2) is 4.79 Å². The summed E-state index contributed by atoms with van der Waals surface area (Å²) in [6.07, 6.45) is -7.04. The second kappa shape index (κ2) is 14.1. The summed E-state index contributed by atoms with van der Waals surface area (Å²) in [7, 11) is 1.31. The molecule has 4 aromatic carbocycles. The molecule has 8 rings (SSSR count). The van der Waals surface area contributed by atoms with Gasteiger partial charge in [0.1, 0.15) is 42.2 Å². The number of alkyl carbamates (subject to hydrolysis) is 1. The van der Waals surface area contributed by atoms with Crippen molar-refractivity contribution in [3.05, 3.63) is 111 Å². The van der Waals surface area contributed by atoms with Crippen LogP contribution in [-0.4, -0.2) is 99.4 Å². The molecule has 1 aliphatic heterocycles. The molecule has 4 aliphatic rings. The minimum absolute atomic E-state index is 0.0235. The number of aliphatic hydroxyl groups is 3. The third-order valence-electron chi connectivity index (χ3n) is 11.4. The Morgan fingerprint density at radius 2 is 1.54 bits per heavy atom. The molecule has 0 aromatic heterocycles. The molecule has 56 heavy (non-hydrogen) atoms. The van der Waals surface area contributed by atoms with Crippen LogP contribution in [0.25, 0.3) is 11.1 Å². The molecular formula is C42H39NO13. The van der Waals surface area contributed by atoms with Crippen LogP contribution in [0.15, 0.2) is 66.7 Å². The number of methoxy groups -OCH3 is 1. The maximum atomic E-state index is 14.0. The SMILES string of the molecule is COc1cccc2c1C(=O)c1c(O)c3c(c(O)c1C2=O)CC(O)(C(=O)CO)CC3OC1CC(NC(=O)OCC2c3ccccc3-c3ccccc32)C(O)C(C)O1. The zero-order valence-corrected chi connectivity index (χ0v) is 30.4. The van der Waals surface area contributed by atoms with Gasteiger partial charge in [0.05, 0.1) is 42.0 Å². The lowest BCUT2D eigenvalue weighted by molar-refractivity contribution is -0.249. The summed E-state index contributed by atoms with van der Waals surface area (Å²) in [6.45, 7) is 0.494. The number of fused-ring (bicyclic) bond motifs is 6. The van der Waals surface area contributed by atoms with Crippen molar-refractivity contribution in [3.63, 3.8) is 0 Å². The zero-order chi connectivity index (χ0) is 39.6. The summed E-state index contributed by atoms with van der Waals surface area (Å²) in [5.74, 6) is -4.24. The second-order valence-corrected chi connectivity index (χ2v) is 14.6. The molecule has 1 fully saturated rings. The van der Waals surface area contributed by atoms with Crippen molar-refractivity contribution in [1.29, 1.82) is 0 Å². The van der Waals surface area contributed by atoms with Crippen LogP contribution < -0.4 is 10.1 Å². The molecule has 4 aromatic rings. The number of phenols is 2. The number of aliphatic hydroxyl groups excluding tert-OH is 2. The number of carbonyl (C=O) groups excluding carboxylic acids is 4. The van der Waals surface area contributed by atoms with Gasteiger partial charge in [-0.2, -0.15) is 0 Å². The Labute approximate surface area is 320 Å². The number of amides is 1. The molecule has 1 saturated heterocycles. The Morgan fingerprint density at radius 3 is 2.20 bits per heavy atom. The van der Waals surface area contributed by atoms with E-state index in [1.54, 1.807) is 6.92 Å². The van der Waals surface area contributed by atoms with Gasteiger partial charge in [-0.1, -0.05) is 60.7 Å². The lowest BCUT2D eigenvalue weighted by Gasteiger charge is -2.42. The molecule has 6 N–H and O–H groups in total. The van der Waals surface area contributed by atoms with E-state index in [0.29, 0.717) is 0 Å². The van der Waals surface area contributed by atoms with Crippen LogP contribution in [0.5, 0.6) is 17.2 Å². The third-order valence-corrected chi connectivity index (χ3v) is 11.4. The lowest BCUT2D eigenvalue weighted by atomic mass is 9.72. The fourth-order valence-electron chi connectivity index (χ4n) is 8.65. The number of Topliss-reactive ketones (excluding diaryl/α,β-unsaturated/α-hetero) is 1. The first-order chi connectivity index (χ1) is 26.9. The monoisotopic (exact) mass is 765 g/mol. The minimum Gasteiger partial charge on any atom is -0.507 e. The number of phenolic OH excluding ortho intramolecular Hbond substituents is 2. The van der Waals surface area contributed by atoms with Crippen LogP contribution in [0, 0.1) is 0 Å². The molecule has 14 heteroatoms. The highest BCUT2D eigenvalue weighted by molar-refractivity contribution is 6.31. The molecule has 6 unspecified atom stereocenters. The van der Waals surface area contributed by atoms with Gasteiger partial charge >= 0.3 is 6.09 Å². The maximum Gasteiger partial charge on any atom is 0.407 e. The van der Waals surface area contributed by atoms with Crippen molar-refractivity contribution < 1.29 is 63.7 Å². The van der Waals surface area contributed by atoms with Crippen molar-refractivity contribution in [3.8, 4) is 28.4 Å². The van der Waals surface area contributed by atoms with E-state index in [0.717, 1.165) is 22.3 Å². The van der Waals surface area contributed by atoms with Crippen LogP contribution in [0.1, 0.15) is 85.9 Å². The van der Waals surface area contributed by atoms with Crippen LogP contribution in [-0.2, 0) is 25.4 Å². The first-order valence-electron chi connectivity index (χ1n) is 18.2. The van der Waals surface area contributed by atoms with E-state index in [9.17, 15) is 44.7 Å². The standard InChI is InChI=1S/C42H39NO13/c1-19-36(46)27(43-41(51)54-18-26-22-10-5-3-8-20(22)21-9-4-6-11-23(21)26)14-31(55-19)56-29-16-42(52,30(45)17-44)15-25-33(29)40(50)35-34(38(25)48)37(47)24-12-7-13-28(53-2)32(24)39(35)49/h3-13,19,26-27,29,31,36,44,46,48,50,52H,14-18H2,1-2H3,(H,43,51). The number of benzene rings is 4. The summed E-state index contributed by atoms with van der Waals surface area (Å²) in [4.78, 5) is 54.0. The highest BCUT2D eigenvalue weighted by Gasteiger charge is 2.50. The average Bonchev–Trinajstić information content (AvgIpc) is 3.51. The number of hydrogen-bond donors (Lipinski definition) is 6. The normalized spacial score (nSPS) is 25.0. The van der Waals surface area contributed by atoms with Gasteiger partial charge in [-0.15, -0.1) is 0 Å². The highest BCUT2D eigenvalue weighted by Crippen LogP contribution is 2.53. The molecule has 290 valence electrons. The highest BCUT2D eigenvalue weighted by atomic mass is 16.7. The number of aromatic hydroxyl groups is 2. The van der Waals surface area contributed by atoms with Gasteiger partial charge in [0.25, 0.3) is 0 Å². The quantitative estimate of drug-likeness (QED) is 0.125. The second-order valence-electron chi connectivity index (χ2n) is 14.6. The topological polar surface area (TPSA) is 218 Å². The summed E-state index contributed by atoms with van der Waals surface area (Å²) < 4.78 is 23.3. The molecule has 1 heterocycles. The van der Waals surface area contributed by atoms with Crippen molar-refractivity contribution in [2.75, 3.05) is 20.3 Å². The average molecular weight is 766 g/mol. The Kier molecular flexibility index (Phi) is 9.42. The van der Waals surface area contributed by atoms with Gasteiger partial charge in [0, 0.05) is 41.9 Å². The Balaban J connectivity index is 1.07. The van der Waals surface area contributed by atoms with Crippen molar-refractivity contribution in [2.45, 2.75) is 68.3 Å². The van der Waals surface area contributed by atoms with Gasteiger partial charge < -0.3 is 49.8 Å². The maximum absolute atomic E-state index is 14.0. The molecule has 0 saturated carbocycles. The lowest BCUT2D eigenvalue weighted by Crippen LogP contribution is -2.56. The van der Waals surface area contributed by atoms with Crippen LogP contribution in [0.3, 0.4) is 0 Å². The summed E-state index contributed by atoms with van der Waals surface area (Å²) in [5.41, 5.74) is 0.147. The van der Waals surface area contributed by atoms with Crippen molar-refractivity contribution >= 4 is 23.4 Å². The zero-order valence-electron chi connectivity index (χ0n) is 30.4. The van der Waals surface area contributed by atoms with E-state index in [1.165, 1.54) is 25.3 Å². The molecule has 6 atom stereocenters. The van der Waals surface area contributed by atoms with Gasteiger partial charge in [0.2, 0.25) is 5.78 Å². The van der Waals surface area contributed by atoms with Gasteiger partial charge in [-0.3, -0.25) is 14.4 Å². The van der Waals surface area contributed by atoms with E-state index in [4.69, 9.17) is 18.9 Å². The number of nitrogens with one attached hydrogen (secondary N) is 1. The number of hydrogen-bond acceptors (Lipinski definition) is 13. The minimum atomic E-state index is -2.34. The molecule has 3 aliphatic carbocycles. The van der Waals surface area contributed by atoms with E-state index in [-0.39, 0.29) is 46.9 Å². The van der Waals surface area contributed by atoms with E-state index in [1.807, 2.05) is 48.5 Å². The molecular weight excluding hydrogens is 726 g/mol. The Morgan fingerprint density at radius 1 is 0.893 bits per heavy atom. The van der Waals surface area contributed by atoms with Crippen LogP contribution in [0.4, 0.5) is 4.79 Å². The smallest absolute Gasteiger partial charge is 0.407 e. The first-order valence-corrected chi connectivity index (χ1v) is 18.2. The molecule has 0 bridgehead atoms. The van der Waals surface area contributed by atoms with Gasteiger partial charge in [0.15, 0.2) is 17.9 Å². The van der Waals surface area contributed by atoms with E-state index in [2.05, 4.69) is 5.32 Å². The predicted octanol–water partition coefficient (Wildman–Crippen LogP) is 3.58. The summed E-state index contributed by atoms with van der Waals surface area (Å²) in [5, 5.41) is 58.6. The molecule has 0 spiro atoms. The first kappa shape index (κ1) is 37.3. The summed E-state index contributed by atoms with van der Waals surface area (Å²) in [6, 6.07) is 19.1. The van der Waals surface area contributed by atoms with E-state index >= 15 is 0 Å². The Bertz CT molecular complexity index is 2260. The number of rotatable bonds is 8. The fourth-order valence-corrected chi connectivity index (χ4v) is 8.65. The largest absolute Gasteiger partial charge is 0.507 e. The van der Waals surface area contributed by atoms with Crippen LogP contribution in [0.2, 0.25) is 0 Å². The number of carbonyl (C=O) groups is 4. The number of ether oxygens (including phenoxy) is 4. The third kappa shape index (κ3) is 5.92. The predicted molar refractivity (Wildman–Crippen MR) is 196 cm³/mol. The summed E-state index contributed by atoms with van der Waals surface area (Å²) >= 11 is 0. The van der Waals surface area contributed by atoms with Gasteiger partial charge in [-0.05, 0) is 35.2 Å². The number of ketones is 3. The van der Waals surface area contributed by atoms with Crippen LogP contribution >= 0.6 is 0 Å². The fraction of sp³-hybridized carbons (Fsp3) is 0.333. The molecule has 0 radical (unpaired) electrons. The van der Waals surface area contributed by atoms with Crippen molar-refractivity contribution in [2.24, 2.45) is 0 Å². The Hall–Kier alpha value is -5.64. The van der Waals surface area contributed by atoms with Crippen molar-refractivity contribution in [1.82, 2.24) is 5.32 Å².